The first-order valence-electron chi connectivity index (χ1n) is 9.88. The lowest BCUT2D eigenvalue weighted by Crippen LogP contribution is -2.37. The van der Waals surface area contributed by atoms with E-state index in [1.807, 2.05) is 13.0 Å². The van der Waals surface area contributed by atoms with Crippen LogP contribution >= 0.6 is 0 Å². The molecule has 1 aliphatic heterocycles. The van der Waals surface area contributed by atoms with Gasteiger partial charge in [0.15, 0.2) is 0 Å². The van der Waals surface area contributed by atoms with Crippen molar-refractivity contribution in [3.8, 4) is 0 Å². The Labute approximate surface area is 162 Å². The Morgan fingerprint density at radius 2 is 1.82 bits per heavy atom. The molecule has 5 rings (SSSR count). The molecule has 2 aromatic rings. The summed E-state index contributed by atoms with van der Waals surface area (Å²) >= 11 is 0. The van der Waals surface area contributed by atoms with Gasteiger partial charge in [0, 0.05) is 17.3 Å². The average Bonchev–Trinajstić information content (AvgIpc) is 3.19. The van der Waals surface area contributed by atoms with Gasteiger partial charge in [0.25, 0.3) is 0 Å². The Balaban J connectivity index is 1.59. The molecule has 28 heavy (non-hydrogen) atoms. The van der Waals surface area contributed by atoms with Crippen molar-refractivity contribution in [3.05, 3.63) is 52.8 Å². The number of nitrogens with one attached hydrogen (secondary N) is 1. The zero-order valence-corrected chi connectivity index (χ0v) is 15.6. The molecule has 1 saturated carbocycles. The van der Waals surface area contributed by atoms with Crippen LogP contribution in [0.25, 0.3) is 0 Å². The van der Waals surface area contributed by atoms with Crippen LogP contribution < -0.4 is 4.90 Å². The molecule has 2 aliphatic carbocycles. The summed E-state index contributed by atoms with van der Waals surface area (Å²) in [5, 5.41) is 9.10. The van der Waals surface area contributed by atoms with Gasteiger partial charge in [-0.05, 0) is 61.6 Å². The minimum absolute atomic E-state index is 0.135. The lowest BCUT2D eigenvalue weighted by molar-refractivity contribution is -0.123. The number of amides is 2. The summed E-state index contributed by atoms with van der Waals surface area (Å²) in [7, 11) is 0. The highest BCUT2D eigenvalue weighted by atomic mass is 16.4. The van der Waals surface area contributed by atoms with Crippen LogP contribution in [0.5, 0.6) is 0 Å². The van der Waals surface area contributed by atoms with Crippen molar-refractivity contribution in [2.24, 2.45) is 11.8 Å². The van der Waals surface area contributed by atoms with Crippen LogP contribution in [0.3, 0.4) is 0 Å². The average molecular weight is 378 g/mol. The molecule has 144 valence electrons. The van der Waals surface area contributed by atoms with Crippen molar-refractivity contribution >= 4 is 23.5 Å². The number of carbonyl (C=O) groups excluding carboxylic acids is 2. The predicted molar refractivity (Wildman–Crippen MR) is 102 cm³/mol. The second-order valence-corrected chi connectivity index (χ2v) is 8.24. The minimum atomic E-state index is -1.03. The van der Waals surface area contributed by atoms with E-state index < -0.39 is 11.9 Å². The fraction of sp³-hybridized carbons (Fsp3) is 0.409. The Kier molecular flexibility index (Phi) is 3.73. The molecular formula is C22H22N2O4. The van der Waals surface area contributed by atoms with E-state index >= 15 is 0 Å². The third-order valence-corrected chi connectivity index (χ3v) is 6.72. The summed E-state index contributed by atoms with van der Waals surface area (Å²) in [5.74, 6) is -1.63. The van der Waals surface area contributed by atoms with Crippen LogP contribution in [0, 0.1) is 18.8 Å². The number of anilines is 1. The van der Waals surface area contributed by atoms with Crippen molar-refractivity contribution in [1.29, 1.82) is 0 Å². The molecule has 3 aliphatic rings. The van der Waals surface area contributed by atoms with Crippen molar-refractivity contribution in [1.82, 2.24) is 4.98 Å². The number of hydrogen-bond acceptors (Lipinski definition) is 3. The van der Waals surface area contributed by atoms with E-state index in [1.54, 1.807) is 12.1 Å². The fourth-order valence-electron chi connectivity index (χ4n) is 5.60. The molecule has 0 bridgehead atoms. The number of carbonyl (C=O) groups is 3. The van der Waals surface area contributed by atoms with Gasteiger partial charge >= 0.3 is 5.97 Å². The van der Waals surface area contributed by atoms with Crippen molar-refractivity contribution in [2.45, 2.75) is 44.4 Å². The largest absolute Gasteiger partial charge is 0.478 e. The summed E-state index contributed by atoms with van der Waals surface area (Å²) < 4.78 is 0. The number of aryl methyl sites for hydroxylation is 1. The maximum atomic E-state index is 13.4. The van der Waals surface area contributed by atoms with Gasteiger partial charge < -0.3 is 10.1 Å². The summed E-state index contributed by atoms with van der Waals surface area (Å²) in [4.78, 5) is 42.7. The van der Waals surface area contributed by atoms with Gasteiger partial charge in [-0.15, -0.1) is 0 Å². The van der Waals surface area contributed by atoms with Crippen LogP contribution in [0.2, 0.25) is 0 Å². The van der Waals surface area contributed by atoms with Gasteiger partial charge in [-0.25, -0.2) is 9.69 Å². The lowest BCUT2D eigenvalue weighted by Gasteiger charge is -2.40. The summed E-state index contributed by atoms with van der Waals surface area (Å²) in [6.45, 7) is 1.99. The third kappa shape index (κ3) is 2.30. The Morgan fingerprint density at radius 3 is 2.54 bits per heavy atom. The van der Waals surface area contributed by atoms with Gasteiger partial charge in [0.2, 0.25) is 11.8 Å². The number of nitrogens with zero attached hydrogens (tertiary/aromatic N) is 1. The Bertz CT molecular complexity index is 990. The van der Waals surface area contributed by atoms with Crippen molar-refractivity contribution < 1.29 is 19.5 Å². The number of aromatic nitrogens is 1. The quantitative estimate of drug-likeness (QED) is 0.782. The number of fused-ring (bicyclic) bond motifs is 6. The molecule has 6 nitrogen and oxygen atoms in total. The number of hydrogen-bond donors (Lipinski definition) is 2. The summed E-state index contributed by atoms with van der Waals surface area (Å²) in [6, 6.07) is 8.02. The molecule has 0 radical (unpaired) electrons. The van der Waals surface area contributed by atoms with Gasteiger partial charge in [0.1, 0.15) is 0 Å². The fourth-order valence-corrected chi connectivity index (χ4v) is 5.60. The molecule has 0 unspecified atom stereocenters. The SMILES string of the molecule is Cc1cc2c([nH]1)[C@@H]1CCCC[C@@H]1[C@@H]1C(=O)N(c3ccc(C(=O)O)cc3)C(=O)[C@H]21. The molecule has 2 N–H and O–H groups in total. The zero-order chi connectivity index (χ0) is 19.6. The van der Waals surface area contributed by atoms with E-state index in [9.17, 15) is 14.4 Å². The van der Waals surface area contributed by atoms with Crippen LogP contribution in [-0.4, -0.2) is 27.9 Å². The van der Waals surface area contributed by atoms with Crippen LogP contribution in [0.1, 0.15) is 64.8 Å². The van der Waals surface area contributed by atoms with Crippen LogP contribution in [0.15, 0.2) is 30.3 Å². The molecule has 2 amide bonds. The van der Waals surface area contributed by atoms with Gasteiger partial charge in [-0.3, -0.25) is 9.59 Å². The number of rotatable bonds is 2. The molecule has 0 spiro atoms. The van der Waals surface area contributed by atoms with Gasteiger partial charge in [-0.1, -0.05) is 12.8 Å². The number of carboxylic acids is 1. The van der Waals surface area contributed by atoms with Gasteiger partial charge in [0.05, 0.1) is 23.1 Å². The first kappa shape index (κ1) is 17.2. The normalized spacial score (nSPS) is 28.7. The second-order valence-electron chi connectivity index (χ2n) is 8.24. The third-order valence-electron chi connectivity index (χ3n) is 6.72. The topological polar surface area (TPSA) is 90.5 Å². The van der Waals surface area contributed by atoms with E-state index in [0.717, 1.165) is 42.6 Å². The van der Waals surface area contributed by atoms with E-state index in [1.165, 1.54) is 17.0 Å². The molecule has 4 atom stereocenters. The molecule has 2 fully saturated rings. The standard InChI is InChI=1S/C22H22N2O4/c1-11-10-16-18-17(14-4-2-3-5-15(14)19(16)23-11)20(25)24(21(18)26)13-8-6-12(7-9-13)22(27)28/h6-10,14-15,17-18,23H,2-5H2,1H3,(H,27,28)/t14-,15+,17-,18+/m0/s1. The van der Waals surface area contributed by atoms with Crippen LogP contribution in [-0.2, 0) is 9.59 Å². The monoisotopic (exact) mass is 378 g/mol. The summed E-state index contributed by atoms with van der Waals surface area (Å²) in [6.07, 6.45) is 4.26. The van der Waals surface area contributed by atoms with E-state index in [4.69, 9.17) is 5.11 Å². The maximum Gasteiger partial charge on any atom is 0.335 e. The predicted octanol–water partition coefficient (Wildman–Crippen LogP) is 3.58. The number of imide groups is 1. The van der Waals surface area contributed by atoms with E-state index in [-0.39, 0.29) is 29.2 Å². The molecule has 1 aromatic heterocycles. The molecular weight excluding hydrogens is 356 g/mol. The number of H-pyrrole nitrogens is 1. The van der Waals surface area contributed by atoms with E-state index in [2.05, 4.69) is 4.98 Å². The summed E-state index contributed by atoms with van der Waals surface area (Å²) in [5.41, 5.74) is 3.74. The highest BCUT2D eigenvalue weighted by molar-refractivity contribution is 6.24. The highest BCUT2D eigenvalue weighted by Crippen LogP contribution is 2.56. The zero-order valence-electron chi connectivity index (χ0n) is 15.6. The van der Waals surface area contributed by atoms with E-state index in [0.29, 0.717) is 11.6 Å². The molecule has 1 saturated heterocycles. The van der Waals surface area contributed by atoms with Crippen LogP contribution in [0.4, 0.5) is 5.69 Å². The molecule has 1 aromatic carbocycles. The molecule has 6 heteroatoms. The number of aromatic carboxylic acids is 1. The Morgan fingerprint density at radius 1 is 1.11 bits per heavy atom. The first-order valence-corrected chi connectivity index (χ1v) is 9.88. The van der Waals surface area contributed by atoms with Crippen molar-refractivity contribution in [2.75, 3.05) is 4.90 Å². The smallest absolute Gasteiger partial charge is 0.335 e. The maximum absolute atomic E-state index is 13.4. The van der Waals surface area contributed by atoms with Gasteiger partial charge in [-0.2, -0.15) is 0 Å². The first-order chi connectivity index (χ1) is 13.5. The number of carboxylic acid groups (broad SMARTS) is 1. The van der Waals surface area contributed by atoms with Crippen molar-refractivity contribution in [3.63, 3.8) is 0 Å². The number of aromatic amines is 1. The lowest BCUT2D eigenvalue weighted by atomic mass is 9.62. The number of benzene rings is 1. The highest BCUT2D eigenvalue weighted by Gasteiger charge is 2.57. The second kappa shape index (κ2) is 6.06. The Hall–Kier alpha value is -2.89. The molecule has 2 heterocycles. The minimum Gasteiger partial charge on any atom is -0.478 e.